The van der Waals surface area contributed by atoms with Crippen LogP contribution in [-0.4, -0.2) is 36.1 Å². The van der Waals surface area contributed by atoms with E-state index in [-0.39, 0.29) is 5.16 Å². The number of nitrogens with one attached hydrogen (secondary N) is 2. The zero-order valence-electron chi connectivity index (χ0n) is 13.8. The summed E-state index contributed by atoms with van der Waals surface area (Å²) in [6.07, 6.45) is 5.83. The van der Waals surface area contributed by atoms with Crippen LogP contribution in [0.3, 0.4) is 0 Å². The van der Waals surface area contributed by atoms with Gasteiger partial charge in [0.25, 0.3) is 0 Å². The van der Waals surface area contributed by atoms with Crippen molar-refractivity contribution >= 4 is 26.8 Å². The molecule has 24 heavy (non-hydrogen) atoms. The van der Waals surface area contributed by atoms with Crippen LogP contribution in [0.15, 0.2) is 29.4 Å². The van der Waals surface area contributed by atoms with Crippen LogP contribution in [0, 0.1) is 5.92 Å². The molecule has 1 heterocycles. The summed E-state index contributed by atoms with van der Waals surface area (Å²) in [5, 5.41) is 1.49. The number of hydrogen-bond donors (Lipinski definition) is 2. The van der Waals surface area contributed by atoms with Crippen molar-refractivity contribution in [3.05, 3.63) is 24.3 Å². The van der Waals surface area contributed by atoms with E-state index < -0.39 is 21.0 Å². The van der Waals surface area contributed by atoms with Gasteiger partial charge in [-0.3, -0.25) is 4.79 Å². The maximum atomic E-state index is 12.6. The average Bonchev–Trinajstić information content (AvgIpc) is 3.05. The molecular formula is C17H23N3O3S. The zero-order valence-corrected chi connectivity index (χ0v) is 14.6. The summed E-state index contributed by atoms with van der Waals surface area (Å²) in [7, 11) is -3.83. The van der Waals surface area contributed by atoms with E-state index in [2.05, 4.69) is 15.3 Å². The lowest BCUT2D eigenvalue weighted by atomic mass is 9.89. The van der Waals surface area contributed by atoms with Gasteiger partial charge in [0.2, 0.25) is 20.9 Å². The highest BCUT2D eigenvalue weighted by Crippen LogP contribution is 2.23. The number of imidazole rings is 1. The van der Waals surface area contributed by atoms with Crippen LogP contribution in [0.5, 0.6) is 0 Å². The Hall–Kier alpha value is -1.89. The van der Waals surface area contributed by atoms with Gasteiger partial charge in [0, 0.05) is 6.54 Å². The van der Waals surface area contributed by atoms with Crippen molar-refractivity contribution < 1.29 is 13.2 Å². The number of benzene rings is 1. The maximum Gasteiger partial charge on any atom is 0.238 e. The highest BCUT2D eigenvalue weighted by molar-refractivity contribution is 7.92. The van der Waals surface area contributed by atoms with E-state index in [1.54, 1.807) is 24.3 Å². The minimum absolute atomic E-state index is 0.149. The van der Waals surface area contributed by atoms with Crippen molar-refractivity contribution in [2.45, 2.75) is 49.4 Å². The Morgan fingerprint density at radius 1 is 1.29 bits per heavy atom. The van der Waals surface area contributed by atoms with Gasteiger partial charge in [-0.1, -0.05) is 31.4 Å². The van der Waals surface area contributed by atoms with E-state index >= 15 is 0 Å². The molecule has 0 saturated heterocycles. The normalized spacial score (nSPS) is 17.7. The van der Waals surface area contributed by atoms with Crippen LogP contribution in [-0.2, 0) is 14.6 Å². The van der Waals surface area contributed by atoms with E-state index in [9.17, 15) is 13.2 Å². The highest BCUT2D eigenvalue weighted by Gasteiger charge is 2.32. The second kappa shape index (κ2) is 6.93. The number of carbonyl (C=O) groups is 1. The van der Waals surface area contributed by atoms with Crippen molar-refractivity contribution in [2.75, 3.05) is 6.54 Å². The smallest absolute Gasteiger partial charge is 0.238 e. The third-order valence-corrected chi connectivity index (χ3v) is 6.64. The predicted molar refractivity (Wildman–Crippen MR) is 92.3 cm³/mol. The fourth-order valence-electron chi connectivity index (χ4n) is 3.15. The van der Waals surface area contributed by atoms with Crippen LogP contribution in [0.4, 0.5) is 0 Å². The number of hydrogen-bond acceptors (Lipinski definition) is 4. The third kappa shape index (κ3) is 3.45. The lowest BCUT2D eigenvalue weighted by Crippen LogP contribution is -2.40. The molecule has 6 nitrogen and oxygen atoms in total. The topological polar surface area (TPSA) is 91.9 Å². The SMILES string of the molecule is CC(C(=O)NCC1CCCCC1)S(=O)(=O)c1nc2ccccc2[nH]1. The summed E-state index contributed by atoms with van der Waals surface area (Å²) in [4.78, 5) is 19.2. The second-order valence-corrected chi connectivity index (χ2v) is 8.68. The van der Waals surface area contributed by atoms with Gasteiger partial charge in [-0.25, -0.2) is 13.4 Å². The number of H-pyrrole nitrogens is 1. The number of rotatable bonds is 5. The number of para-hydroxylation sites is 2. The third-order valence-electron chi connectivity index (χ3n) is 4.76. The van der Waals surface area contributed by atoms with Gasteiger partial charge in [0.05, 0.1) is 11.0 Å². The highest BCUT2D eigenvalue weighted by atomic mass is 32.2. The van der Waals surface area contributed by atoms with Gasteiger partial charge in [-0.15, -0.1) is 0 Å². The molecule has 0 radical (unpaired) electrons. The van der Waals surface area contributed by atoms with Crippen molar-refractivity contribution in [1.29, 1.82) is 0 Å². The van der Waals surface area contributed by atoms with Gasteiger partial charge in [-0.05, 0) is 37.8 Å². The van der Waals surface area contributed by atoms with Gasteiger partial charge in [0.1, 0.15) is 5.25 Å². The minimum atomic E-state index is -3.83. The number of amides is 1. The fraction of sp³-hybridized carbons (Fsp3) is 0.529. The summed E-state index contributed by atoms with van der Waals surface area (Å²) < 4.78 is 25.3. The van der Waals surface area contributed by atoms with Crippen LogP contribution in [0.25, 0.3) is 11.0 Å². The first-order valence-corrected chi connectivity index (χ1v) is 9.99. The van der Waals surface area contributed by atoms with Gasteiger partial charge in [0.15, 0.2) is 0 Å². The first-order chi connectivity index (χ1) is 11.5. The Morgan fingerprint density at radius 3 is 2.71 bits per heavy atom. The summed E-state index contributed by atoms with van der Waals surface area (Å²) >= 11 is 0. The van der Waals surface area contributed by atoms with Crippen molar-refractivity contribution in [3.8, 4) is 0 Å². The first-order valence-electron chi connectivity index (χ1n) is 8.45. The van der Waals surface area contributed by atoms with Gasteiger partial charge in [-0.2, -0.15) is 0 Å². The summed E-state index contributed by atoms with van der Waals surface area (Å²) in [5.41, 5.74) is 1.22. The molecule has 0 bridgehead atoms. The number of sulfone groups is 1. The molecule has 2 N–H and O–H groups in total. The average molecular weight is 349 g/mol. The molecule has 0 spiro atoms. The molecular weight excluding hydrogens is 326 g/mol. The van der Waals surface area contributed by atoms with E-state index in [0.29, 0.717) is 23.5 Å². The van der Waals surface area contributed by atoms with Crippen molar-refractivity contribution in [2.24, 2.45) is 5.92 Å². The Bertz CT molecular complexity index is 789. The van der Waals surface area contributed by atoms with Crippen molar-refractivity contribution in [1.82, 2.24) is 15.3 Å². The molecule has 2 aromatic rings. The van der Waals surface area contributed by atoms with Crippen LogP contribution >= 0.6 is 0 Å². The molecule has 1 aromatic heterocycles. The maximum absolute atomic E-state index is 12.6. The predicted octanol–water partition coefficient (Wildman–Crippen LogP) is 2.42. The number of nitrogens with zero attached hydrogens (tertiary/aromatic N) is 1. The molecule has 7 heteroatoms. The molecule has 1 unspecified atom stereocenters. The Morgan fingerprint density at radius 2 is 2.00 bits per heavy atom. The Balaban J connectivity index is 1.69. The molecule has 1 amide bonds. The molecule has 1 aliphatic carbocycles. The molecule has 1 aromatic carbocycles. The van der Waals surface area contributed by atoms with Crippen LogP contribution < -0.4 is 5.32 Å². The minimum Gasteiger partial charge on any atom is -0.355 e. The lowest BCUT2D eigenvalue weighted by Gasteiger charge is -2.22. The zero-order chi connectivity index (χ0) is 17.2. The van der Waals surface area contributed by atoms with E-state index in [4.69, 9.17) is 0 Å². The number of fused-ring (bicyclic) bond motifs is 1. The molecule has 1 aliphatic rings. The number of aromatic nitrogens is 2. The second-order valence-electron chi connectivity index (χ2n) is 6.50. The first kappa shape index (κ1) is 17.0. The molecule has 1 saturated carbocycles. The Kier molecular flexibility index (Phi) is 4.89. The van der Waals surface area contributed by atoms with Gasteiger partial charge >= 0.3 is 0 Å². The van der Waals surface area contributed by atoms with Crippen LogP contribution in [0.2, 0.25) is 0 Å². The summed E-state index contributed by atoms with van der Waals surface area (Å²) in [6.45, 7) is 1.97. The molecule has 3 rings (SSSR count). The summed E-state index contributed by atoms with van der Waals surface area (Å²) in [6, 6.07) is 7.09. The fourth-order valence-corrected chi connectivity index (χ4v) is 4.33. The largest absolute Gasteiger partial charge is 0.355 e. The van der Waals surface area contributed by atoms with Gasteiger partial charge < -0.3 is 10.3 Å². The lowest BCUT2D eigenvalue weighted by molar-refractivity contribution is -0.120. The molecule has 130 valence electrons. The summed E-state index contributed by atoms with van der Waals surface area (Å²) in [5.74, 6) is 0.00448. The molecule has 0 aliphatic heterocycles. The van der Waals surface area contributed by atoms with E-state index in [0.717, 1.165) is 12.8 Å². The quantitative estimate of drug-likeness (QED) is 0.867. The van der Waals surface area contributed by atoms with Crippen molar-refractivity contribution in [3.63, 3.8) is 0 Å². The molecule has 1 fully saturated rings. The van der Waals surface area contributed by atoms with E-state index in [1.807, 2.05) is 0 Å². The number of aromatic amines is 1. The van der Waals surface area contributed by atoms with Crippen LogP contribution in [0.1, 0.15) is 39.0 Å². The standard InChI is InChI=1S/C17H23N3O3S/c1-12(16(21)18-11-13-7-3-2-4-8-13)24(22,23)17-19-14-9-5-6-10-15(14)20-17/h5-6,9-10,12-13H,2-4,7-8,11H2,1H3,(H,18,21)(H,19,20). The van der Waals surface area contributed by atoms with E-state index in [1.165, 1.54) is 26.2 Å². The monoisotopic (exact) mass is 349 g/mol. The molecule has 1 atom stereocenters. The Labute approximate surface area is 142 Å². The number of carbonyl (C=O) groups excluding carboxylic acids is 1.